The van der Waals surface area contributed by atoms with Gasteiger partial charge in [0.25, 0.3) is 6.43 Å². The van der Waals surface area contributed by atoms with Crippen LogP contribution in [0.3, 0.4) is 0 Å². The number of nitrogens with zero attached hydrogens (tertiary/aromatic N) is 2. The number of aromatic nitrogens is 2. The van der Waals surface area contributed by atoms with Crippen molar-refractivity contribution in [3.05, 3.63) is 41.7 Å². The zero-order valence-electron chi connectivity index (χ0n) is 9.27. The summed E-state index contributed by atoms with van der Waals surface area (Å²) in [5.74, 6) is 0.491. The Labute approximate surface area is 97.3 Å². The van der Waals surface area contributed by atoms with Crippen LogP contribution in [0.4, 0.5) is 8.78 Å². The zero-order valence-corrected chi connectivity index (χ0v) is 9.27. The Hall–Kier alpha value is -1.75. The molecule has 0 bridgehead atoms. The van der Waals surface area contributed by atoms with Crippen molar-refractivity contribution in [2.45, 2.75) is 13.0 Å². The molecule has 17 heavy (non-hydrogen) atoms. The fourth-order valence-corrected chi connectivity index (χ4v) is 1.62. The Morgan fingerprint density at radius 3 is 2.41 bits per heavy atom. The third kappa shape index (κ3) is 2.34. The molecule has 0 amide bonds. The van der Waals surface area contributed by atoms with E-state index in [0.717, 1.165) is 11.1 Å². The number of hydrogen-bond acceptors (Lipinski definition) is 2. The lowest BCUT2D eigenvalue weighted by atomic mass is 10.1. The van der Waals surface area contributed by atoms with Crippen LogP contribution in [0.25, 0.3) is 11.4 Å². The number of aryl methyl sites for hydroxylation is 1. The van der Waals surface area contributed by atoms with E-state index >= 15 is 0 Å². The number of alkyl halides is 2. The van der Waals surface area contributed by atoms with Crippen LogP contribution in [-0.2, 0) is 13.7 Å². The minimum absolute atomic E-state index is 0.0386. The maximum atomic E-state index is 12.5. The molecule has 0 unspecified atom stereocenters. The molecule has 0 saturated heterocycles. The van der Waals surface area contributed by atoms with Crippen molar-refractivity contribution >= 4 is 0 Å². The second-order valence-corrected chi connectivity index (χ2v) is 3.76. The lowest BCUT2D eigenvalue weighted by molar-refractivity contribution is 0.146. The number of hydrogen-bond donors (Lipinski definition) is 1. The molecule has 2 rings (SSSR count). The molecule has 5 heteroatoms. The van der Waals surface area contributed by atoms with Gasteiger partial charge in [0.1, 0.15) is 11.5 Å². The topological polar surface area (TPSA) is 38.0 Å². The summed E-state index contributed by atoms with van der Waals surface area (Å²) in [5, 5.41) is 8.91. The lowest BCUT2D eigenvalue weighted by Crippen LogP contribution is -1.91. The van der Waals surface area contributed by atoms with Gasteiger partial charge in [-0.1, -0.05) is 24.3 Å². The Morgan fingerprint density at radius 1 is 1.29 bits per heavy atom. The summed E-state index contributed by atoms with van der Waals surface area (Å²) in [7, 11) is 1.67. The summed E-state index contributed by atoms with van der Waals surface area (Å²) in [6.45, 7) is -0.0386. The van der Waals surface area contributed by atoms with Gasteiger partial charge in [0.05, 0.1) is 6.61 Å². The van der Waals surface area contributed by atoms with E-state index in [2.05, 4.69) is 4.98 Å². The first-order valence-electron chi connectivity index (χ1n) is 5.13. The van der Waals surface area contributed by atoms with E-state index in [4.69, 9.17) is 5.11 Å². The first kappa shape index (κ1) is 11.7. The van der Waals surface area contributed by atoms with Crippen LogP contribution in [-0.4, -0.2) is 14.7 Å². The third-order valence-electron chi connectivity index (χ3n) is 2.51. The molecule has 0 radical (unpaired) electrons. The van der Waals surface area contributed by atoms with Gasteiger partial charge < -0.3 is 9.67 Å². The molecule has 1 N–H and O–H groups in total. The van der Waals surface area contributed by atoms with E-state index in [1.165, 1.54) is 6.20 Å². The van der Waals surface area contributed by atoms with Crippen LogP contribution in [0.1, 0.15) is 17.7 Å². The van der Waals surface area contributed by atoms with Gasteiger partial charge in [0.2, 0.25) is 0 Å². The van der Waals surface area contributed by atoms with Crippen molar-refractivity contribution in [3.8, 4) is 11.4 Å². The standard InChI is InChI=1S/C12H12F2N2O/c1-16-6-10(11(13)14)15-12(16)9-4-2-8(7-17)3-5-9/h2-6,11,17H,7H2,1H3. The first-order valence-corrected chi connectivity index (χ1v) is 5.13. The van der Waals surface area contributed by atoms with Gasteiger partial charge in [-0.2, -0.15) is 0 Å². The molecule has 0 spiro atoms. The second-order valence-electron chi connectivity index (χ2n) is 3.76. The molecule has 0 atom stereocenters. The molecule has 0 aliphatic carbocycles. The zero-order chi connectivity index (χ0) is 12.4. The average Bonchev–Trinajstić information content (AvgIpc) is 2.72. The van der Waals surface area contributed by atoms with Crippen molar-refractivity contribution in [2.75, 3.05) is 0 Å². The summed E-state index contributed by atoms with van der Waals surface area (Å²) < 4.78 is 26.5. The number of halogens is 2. The molecule has 0 fully saturated rings. The number of aliphatic hydroxyl groups is 1. The van der Waals surface area contributed by atoms with Crippen molar-refractivity contribution in [1.29, 1.82) is 0 Å². The van der Waals surface area contributed by atoms with E-state index in [1.807, 2.05) is 0 Å². The molecular weight excluding hydrogens is 226 g/mol. The smallest absolute Gasteiger partial charge is 0.281 e. The second kappa shape index (κ2) is 4.63. The summed E-state index contributed by atoms with van der Waals surface area (Å²) in [5.41, 5.74) is 1.29. The van der Waals surface area contributed by atoms with Crippen LogP contribution in [0.5, 0.6) is 0 Å². The van der Waals surface area contributed by atoms with Crippen molar-refractivity contribution < 1.29 is 13.9 Å². The summed E-state index contributed by atoms with van der Waals surface area (Å²) in [4.78, 5) is 3.89. The quantitative estimate of drug-likeness (QED) is 0.892. The largest absolute Gasteiger partial charge is 0.392 e. The average molecular weight is 238 g/mol. The Balaban J connectivity index is 2.38. The van der Waals surface area contributed by atoms with Crippen molar-refractivity contribution in [2.24, 2.45) is 7.05 Å². The van der Waals surface area contributed by atoms with E-state index in [9.17, 15) is 8.78 Å². The number of imidazole rings is 1. The third-order valence-corrected chi connectivity index (χ3v) is 2.51. The highest BCUT2D eigenvalue weighted by Gasteiger charge is 2.14. The highest BCUT2D eigenvalue weighted by molar-refractivity contribution is 5.56. The predicted octanol–water partition coefficient (Wildman–Crippen LogP) is 2.52. The van der Waals surface area contributed by atoms with Crippen LogP contribution >= 0.6 is 0 Å². The van der Waals surface area contributed by atoms with E-state index < -0.39 is 6.43 Å². The first-order chi connectivity index (χ1) is 8.11. The predicted molar refractivity (Wildman–Crippen MR) is 59.5 cm³/mol. The van der Waals surface area contributed by atoms with Crippen LogP contribution in [0.15, 0.2) is 30.5 Å². The normalized spacial score (nSPS) is 11.1. The molecule has 0 aliphatic heterocycles. The number of benzene rings is 1. The summed E-state index contributed by atoms with van der Waals surface area (Å²) in [6, 6.07) is 6.99. The highest BCUT2D eigenvalue weighted by atomic mass is 19.3. The molecule has 90 valence electrons. The molecule has 2 aromatic rings. The van der Waals surface area contributed by atoms with Crippen LogP contribution in [0.2, 0.25) is 0 Å². The fourth-order valence-electron chi connectivity index (χ4n) is 1.62. The highest BCUT2D eigenvalue weighted by Crippen LogP contribution is 2.23. The van der Waals surface area contributed by atoms with E-state index in [0.29, 0.717) is 5.82 Å². The number of rotatable bonds is 3. The minimum atomic E-state index is -2.56. The summed E-state index contributed by atoms with van der Waals surface area (Å²) >= 11 is 0. The van der Waals surface area contributed by atoms with Gasteiger partial charge in [-0.05, 0) is 5.56 Å². The van der Waals surface area contributed by atoms with Gasteiger partial charge >= 0.3 is 0 Å². The maximum Gasteiger partial charge on any atom is 0.281 e. The fraction of sp³-hybridized carbons (Fsp3) is 0.250. The minimum Gasteiger partial charge on any atom is -0.392 e. The molecule has 0 aliphatic rings. The monoisotopic (exact) mass is 238 g/mol. The van der Waals surface area contributed by atoms with Crippen molar-refractivity contribution in [1.82, 2.24) is 9.55 Å². The molecule has 1 aromatic heterocycles. The lowest BCUT2D eigenvalue weighted by Gasteiger charge is -2.02. The molecule has 0 saturated carbocycles. The van der Waals surface area contributed by atoms with Crippen molar-refractivity contribution in [3.63, 3.8) is 0 Å². The van der Waals surface area contributed by atoms with E-state index in [1.54, 1.807) is 35.9 Å². The number of aliphatic hydroxyl groups excluding tert-OH is 1. The van der Waals surface area contributed by atoms with Gasteiger partial charge in [-0.15, -0.1) is 0 Å². The van der Waals surface area contributed by atoms with Gasteiger partial charge in [0.15, 0.2) is 0 Å². The van der Waals surface area contributed by atoms with Crippen LogP contribution < -0.4 is 0 Å². The molecule has 3 nitrogen and oxygen atoms in total. The Bertz CT molecular complexity index is 506. The van der Waals surface area contributed by atoms with Crippen LogP contribution in [0, 0.1) is 0 Å². The van der Waals surface area contributed by atoms with Gasteiger partial charge in [-0.3, -0.25) is 0 Å². The molecular formula is C12H12F2N2O. The van der Waals surface area contributed by atoms with Gasteiger partial charge in [0, 0.05) is 18.8 Å². The summed E-state index contributed by atoms with van der Waals surface area (Å²) in [6.07, 6.45) is -1.24. The van der Waals surface area contributed by atoms with Gasteiger partial charge in [-0.25, -0.2) is 13.8 Å². The Morgan fingerprint density at radius 2 is 1.94 bits per heavy atom. The molecule has 1 aromatic carbocycles. The maximum absolute atomic E-state index is 12.5. The SMILES string of the molecule is Cn1cc(C(F)F)nc1-c1ccc(CO)cc1. The molecule has 1 heterocycles. The Kier molecular flexibility index (Phi) is 3.19. The van der Waals surface area contributed by atoms with E-state index in [-0.39, 0.29) is 12.3 Å².